The maximum Gasteiger partial charge on any atom is 0.266 e. The Balaban J connectivity index is 1.54. The van der Waals surface area contributed by atoms with Crippen molar-refractivity contribution >= 4 is 51.9 Å². The van der Waals surface area contributed by atoms with E-state index in [9.17, 15) is 4.79 Å². The monoisotopic (exact) mass is 529 g/mol. The van der Waals surface area contributed by atoms with E-state index in [1.165, 1.54) is 11.8 Å². The number of carbonyl (C=O) groups is 1. The third-order valence-electron chi connectivity index (χ3n) is 5.98. The van der Waals surface area contributed by atoms with Crippen LogP contribution in [0, 0.1) is 0 Å². The molecular formula is C27H32ClN3O4S. The molecule has 0 aliphatic carbocycles. The molecule has 0 saturated carbocycles. The molecule has 2 aromatic carbocycles. The van der Waals surface area contributed by atoms with E-state index >= 15 is 0 Å². The summed E-state index contributed by atoms with van der Waals surface area (Å²) < 4.78 is 17.2. The summed E-state index contributed by atoms with van der Waals surface area (Å²) in [5, 5.41) is 1.07. The zero-order chi connectivity index (χ0) is 25.7. The van der Waals surface area contributed by atoms with Crippen molar-refractivity contribution in [3.8, 4) is 11.5 Å². The highest BCUT2D eigenvalue weighted by molar-refractivity contribution is 8.18. The summed E-state index contributed by atoms with van der Waals surface area (Å²) in [6.07, 6.45) is 2.67. The first kappa shape index (κ1) is 26.4. The predicted molar refractivity (Wildman–Crippen MR) is 148 cm³/mol. The Kier molecular flexibility index (Phi) is 8.82. The van der Waals surface area contributed by atoms with Crippen molar-refractivity contribution in [1.82, 2.24) is 4.90 Å². The molecular weight excluding hydrogens is 498 g/mol. The Bertz CT molecular complexity index is 1150. The zero-order valence-electron chi connectivity index (χ0n) is 21.1. The van der Waals surface area contributed by atoms with E-state index in [2.05, 4.69) is 24.0 Å². The minimum atomic E-state index is -0.113. The van der Waals surface area contributed by atoms with Gasteiger partial charge in [-0.2, -0.15) is 0 Å². The molecule has 9 heteroatoms. The molecule has 0 unspecified atom stereocenters. The number of hydrogen-bond donors (Lipinski definition) is 0. The molecule has 0 N–H and O–H groups in total. The first-order valence-corrected chi connectivity index (χ1v) is 13.4. The first-order chi connectivity index (χ1) is 17.4. The fourth-order valence-corrected chi connectivity index (χ4v) is 5.06. The Labute approximate surface area is 222 Å². The van der Waals surface area contributed by atoms with Crippen LogP contribution < -0.4 is 14.4 Å². The molecule has 0 aromatic heterocycles. The highest BCUT2D eigenvalue weighted by Gasteiger charge is 2.30. The van der Waals surface area contributed by atoms with Crippen LogP contribution in [0.2, 0.25) is 5.02 Å². The fraction of sp³-hybridized carbons (Fsp3) is 0.407. The lowest BCUT2D eigenvalue weighted by Gasteiger charge is -2.28. The van der Waals surface area contributed by atoms with Gasteiger partial charge in [0.2, 0.25) is 0 Å². The molecule has 0 spiro atoms. The van der Waals surface area contributed by atoms with E-state index in [0.717, 1.165) is 49.7 Å². The van der Waals surface area contributed by atoms with Crippen molar-refractivity contribution in [3.63, 3.8) is 0 Å². The molecule has 192 valence electrons. The van der Waals surface area contributed by atoms with Gasteiger partial charge in [0.1, 0.15) is 0 Å². The van der Waals surface area contributed by atoms with Gasteiger partial charge in [0.25, 0.3) is 5.91 Å². The summed E-state index contributed by atoms with van der Waals surface area (Å²) in [6.45, 7) is 9.68. The van der Waals surface area contributed by atoms with Crippen LogP contribution in [0.15, 0.2) is 46.3 Å². The highest BCUT2D eigenvalue weighted by Crippen LogP contribution is 2.40. The van der Waals surface area contributed by atoms with E-state index in [1.807, 2.05) is 38.1 Å². The van der Waals surface area contributed by atoms with Gasteiger partial charge < -0.3 is 19.1 Å². The lowest BCUT2D eigenvalue weighted by Crippen LogP contribution is -2.36. The summed E-state index contributed by atoms with van der Waals surface area (Å²) in [4.78, 5) is 22.1. The van der Waals surface area contributed by atoms with Gasteiger partial charge in [0.05, 0.1) is 41.5 Å². The number of morpholine rings is 1. The Hall–Kier alpha value is -2.68. The number of halogens is 1. The molecule has 36 heavy (non-hydrogen) atoms. The molecule has 0 radical (unpaired) electrons. The molecule has 2 heterocycles. The van der Waals surface area contributed by atoms with Crippen LogP contribution in [0.25, 0.3) is 6.08 Å². The number of anilines is 1. The summed E-state index contributed by atoms with van der Waals surface area (Å²) >= 11 is 7.89. The second-order valence-corrected chi connectivity index (χ2v) is 10.0. The largest absolute Gasteiger partial charge is 0.490 e. The number of hydrogen-bond acceptors (Lipinski definition) is 7. The molecule has 2 aliphatic rings. The van der Waals surface area contributed by atoms with Crippen LogP contribution in [0.3, 0.4) is 0 Å². The smallest absolute Gasteiger partial charge is 0.266 e. The average Bonchev–Trinajstić information content (AvgIpc) is 3.14. The lowest BCUT2D eigenvalue weighted by atomic mass is 10.1. The summed E-state index contributed by atoms with van der Waals surface area (Å²) in [7, 11) is 1.73. The van der Waals surface area contributed by atoms with Gasteiger partial charge in [-0.05, 0) is 80.1 Å². The highest BCUT2D eigenvalue weighted by atomic mass is 35.5. The van der Waals surface area contributed by atoms with E-state index in [-0.39, 0.29) is 12.0 Å². The second-order valence-electron chi connectivity index (χ2n) is 8.58. The van der Waals surface area contributed by atoms with E-state index < -0.39 is 0 Å². The molecule has 7 nitrogen and oxygen atoms in total. The maximum atomic E-state index is 13.0. The third kappa shape index (κ3) is 6.17. The summed E-state index contributed by atoms with van der Waals surface area (Å²) in [5.41, 5.74) is 2.71. The van der Waals surface area contributed by atoms with Crippen molar-refractivity contribution in [2.45, 2.75) is 33.3 Å². The molecule has 2 aliphatic heterocycles. The number of aliphatic imine (C=N–C) groups is 1. The minimum absolute atomic E-state index is 0.00762. The first-order valence-electron chi connectivity index (χ1n) is 12.2. The topological polar surface area (TPSA) is 63.6 Å². The van der Waals surface area contributed by atoms with Crippen molar-refractivity contribution in [3.05, 3.63) is 51.9 Å². The fourth-order valence-electron chi connectivity index (χ4n) is 3.81. The Morgan fingerprint density at radius 3 is 2.58 bits per heavy atom. The van der Waals surface area contributed by atoms with Crippen LogP contribution in [-0.4, -0.2) is 62.0 Å². The second kappa shape index (κ2) is 12.0. The van der Waals surface area contributed by atoms with E-state index in [0.29, 0.717) is 33.2 Å². The molecule has 2 saturated heterocycles. The summed E-state index contributed by atoms with van der Waals surface area (Å²) in [6, 6.07) is 11.7. The third-order valence-corrected chi connectivity index (χ3v) is 7.32. The van der Waals surface area contributed by atoms with Gasteiger partial charge in [-0.1, -0.05) is 18.5 Å². The van der Waals surface area contributed by atoms with Gasteiger partial charge >= 0.3 is 0 Å². The number of rotatable bonds is 8. The van der Waals surface area contributed by atoms with E-state index in [4.69, 9.17) is 30.8 Å². The number of thioether (sulfide) groups is 1. The van der Waals surface area contributed by atoms with Crippen LogP contribution in [0.5, 0.6) is 11.5 Å². The van der Waals surface area contributed by atoms with Crippen LogP contribution >= 0.6 is 23.4 Å². The molecule has 1 amide bonds. The maximum absolute atomic E-state index is 13.0. The lowest BCUT2D eigenvalue weighted by molar-refractivity contribution is -0.121. The van der Waals surface area contributed by atoms with Crippen molar-refractivity contribution in [2.75, 3.05) is 44.9 Å². The van der Waals surface area contributed by atoms with Gasteiger partial charge in [-0.3, -0.25) is 9.69 Å². The molecule has 2 fully saturated rings. The number of amides is 1. The van der Waals surface area contributed by atoms with Crippen molar-refractivity contribution in [1.29, 1.82) is 0 Å². The Morgan fingerprint density at radius 1 is 1.19 bits per heavy atom. The number of ether oxygens (including phenoxy) is 3. The van der Waals surface area contributed by atoms with Crippen LogP contribution in [-0.2, 0) is 9.53 Å². The standard InChI is InChI=1S/C27H32ClN3O4S/c1-5-18(3)35-25-22(28)15-19(16-23(25)34-6-2)17-24-26(32)30(4)27(36-24)29-20-7-9-21(10-8-20)31-11-13-33-14-12-31/h7-10,15-18H,5-6,11-14H2,1-4H3/b24-17-,29-27?/t18-/m1/s1. The van der Waals surface area contributed by atoms with Crippen LogP contribution in [0.4, 0.5) is 11.4 Å². The molecule has 4 rings (SSSR count). The van der Waals surface area contributed by atoms with Crippen molar-refractivity contribution < 1.29 is 19.0 Å². The van der Waals surface area contributed by atoms with Gasteiger partial charge in [-0.25, -0.2) is 4.99 Å². The normalized spacial score (nSPS) is 19.3. The number of nitrogens with zero attached hydrogens (tertiary/aromatic N) is 3. The summed E-state index contributed by atoms with van der Waals surface area (Å²) in [5.74, 6) is 0.980. The zero-order valence-corrected chi connectivity index (χ0v) is 22.7. The number of carbonyl (C=O) groups excluding carboxylic acids is 1. The van der Waals surface area contributed by atoms with Crippen molar-refractivity contribution in [2.24, 2.45) is 4.99 Å². The van der Waals surface area contributed by atoms with Crippen LogP contribution in [0.1, 0.15) is 32.8 Å². The molecule has 0 bridgehead atoms. The van der Waals surface area contributed by atoms with Gasteiger partial charge in [0, 0.05) is 25.8 Å². The number of benzene rings is 2. The van der Waals surface area contributed by atoms with Gasteiger partial charge in [-0.15, -0.1) is 0 Å². The molecule has 2 aromatic rings. The SMILES string of the molecule is CCOc1cc(/C=C2\SC(=Nc3ccc(N4CCOCC4)cc3)N(C)C2=O)cc(Cl)c1O[C@H](C)CC. The quantitative estimate of drug-likeness (QED) is 0.392. The minimum Gasteiger partial charge on any atom is -0.490 e. The van der Waals surface area contributed by atoms with Gasteiger partial charge in [0.15, 0.2) is 16.7 Å². The Morgan fingerprint density at radius 2 is 1.92 bits per heavy atom. The number of amidine groups is 1. The van der Waals surface area contributed by atoms with E-state index in [1.54, 1.807) is 18.0 Å². The number of likely N-dealkylation sites (N-methyl/N-ethyl adjacent to an activating group) is 1. The average molecular weight is 530 g/mol. The predicted octanol–water partition coefficient (Wildman–Crippen LogP) is 5.99. The molecule has 1 atom stereocenters.